The zero-order chi connectivity index (χ0) is 17.5. The fourth-order valence-corrected chi connectivity index (χ4v) is 4.04. The van der Waals surface area contributed by atoms with Gasteiger partial charge in [0, 0.05) is 24.8 Å². The van der Waals surface area contributed by atoms with Gasteiger partial charge in [-0.1, -0.05) is 18.2 Å². The first-order chi connectivity index (χ1) is 11.3. The molecule has 1 aliphatic carbocycles. The van der Waals surface area contributed by atoms with E-state index in [9.17, 15) is 15.0 Å². The molecule has 1 aromatic carbocycles. The Balaban J connectivity index is 1.96. The van der Waals surface area contributed by atoms with Crippen molar-refractivity contribution in [1.29, 1.82) is 0 Å². The Bertz CT molecular complexity index is 654. The number of ether oxygens (including phenoxy) is 1. The van der Waals surface area contributed by atoms with E-state index in [-0.39, 0.29) is 29.8 Å². The van der Waals surface area contributed by atoms with E-state index in [0.717, 1.165) is 17.6 Å². The molecule has 5 atom stereocenters. The number of carbonyl (C=O) groups is 1. The van der Waals surface area contributed by atoms with Gasteiger partial charge < -0.3 is 20.3 Å². The van der Waals surface area contributed by atoms with Crippen molar-refractivity contribution in [2.24, 2.45) is 5.92 Å². The van der Waals surface area contributed by atoms with Gasteiger partial charge in [0.1, 0.15) is 11.9 Å². The number of phenols is 1. The molecule has 1 aliphatic heterocycles. The SMILES string of the molecule is CC(=O)N[C@@]1(C)C[C@@H](c2ccc(O)cc2)O[C@H]2[C@H](O)C(C)=CC[C@H]21. The first kappa shape index (κ1) is 17.0. The lowest BCUT2D eigenvalue weighted by Gasteiger charge is -2.52. The van der Waals surface area contributed by atoms with Crippen molar-refractivity contribution < 1.29 is 19.7 Å². The number of phenolic OH excluding ortho intramolecular Hbond substituents is 1. The summed E-state index contributed by atoms with van der Waals surface area (Å²) in [5.41, 5.74) is 1.38. The van der Waals surface area contributed by atoms with Gasteiger partial charge in [-0.05, 0) is 43.5 Å². The Morgan fingerprint density at radius 3 is 2.62 bits per heavy atom. The number of benzene rings is 1. The molecule has 1 heterocycles. The van der Waals surface area contributed by atoms with Gasteiger partial charge in [-0.2, -0.15) is 0 Å². The van der Waals surface area contributed by atoms with Crippen LogP contribution in [0, 0.1) is 5.92 Å². The molecule has 5 heteroatoms. The number of aliphatic hydroxyl groups is 1. The molecule has 0 saturated carbocycles. The van der Waals surface area contributed by atoms with Crippen LogP contribution in [0.1, 0.15) is 45.3 Å². The molecule has 1 saturated heterocycles. The van der Waals surface area contributed by atoms with E-state index in [0.29, 0.717) is 6.42 Å². The van der Waals surface area contributed by atoms with Crippen LogP contribution < -0.4 is 5.32 Å². The molecule has 0 bridgehead atoms. The van der Waals surface area contributed by atoms with Crippen molar-refractivity contribution in [3.05, 3.63) is 41.5 Å². The minimum Gasteiger partial charge on any atom is -0.508 e. The van der Waals surface area contributed by atoms with E-state index in [1.165, 1.54) is 6.92 Å². The van der Waals surface area contributed by atoms with Crippen molar-refractivity contribution >= 4 is 5.91 Å². The molecule has 5 nitrogen and oxygen atoms in total. The highest BCUT2D eigenvalue weighted by Gasteiger charge is 2.50. The number of aromatic hydroxyl groups is 1. The number of carbonyl (C=O) groups excluding carboxylic acids is 1. The normalized spacial score (nSPS) is 35.8. The summed E-state index contributed by atoms with van der Waals surface area (Å²) in [6, 6.07) is 6.91. The minimum absolute atomic E-state index is 0.0217. The highest BCUT2D eigenvalue weighted by molar-refractivity contribution is 5.74. The second kappa shape index (κ2) is 6.22. The second-order valence-electron chi connectivity index (χ2n) is 7.22. The lowest BCUT2D eigenvalue weighted by Crippen LogP contribution is -2.62. The van der Waals surface area contributed by atoms with Gasteiger partial charge in [0.05, 0.1) is 12.2 Å². The van der Waals surface area contributed by atoms with Crippen molar-refractivity contribution in [3.8, 4) is 5.75 Å². The lowest BCUT2D eigenvalue weighted by molar-refractivity contribution is -0.165. The summed E-state index contributed by atoms with van der Waals surface area (Å²) < 4.78 is 6.25. The number of hydrogen-bond donors (Lipinski definition) is 3. The third kappa shape index (κ3) is 3.06. The molecule has 0 radical (unpaired) electrons. The Labute approximate surface area is 142 Å². The van der Waals surface area contributed by atoms with Crippen LogP contribution in [0.3, 0.4) is 0 Å². The zero-order valence-electron chi connectivity index (χ0n) is 14.3. The van der Waals surface area contributed by atoms with Crippen LogP contribution in [-0.2, 0) is 9.53 Å². The number of nitrogens with one attached hydrogen (secondary N) is 1. The smallest absolute Gasteiger partial charge is 0.217 e. The number of hydrogen-bond acceptors (Lipinski definition) is 4. The molecule has 2 aliphatic rings. The largest absolute Gasteiger partial charge is 0.508 e. The molecule has 24 heavy (non-hydrogen) atoms. The summed E-state index contributed by atoms with van der Waals surface area (Å²) >= 11 is 0. The molecule has 1 fully saturated rings. The third-order valence-electron chi connectivity index (χ3n) is 5.34. The van der Waals surface area contributed by atoms with Gasteiger partial charge in [0.25, 0.3) is 0 Å². The van der Waals surface area contributed by atoms with Gasteiger partial charge in [0.15, 0.2) is 0 Å². The Morgan fingerprint density at radius 1 is 1.33 bits per heavy atom. The predicted octanol–water partition coefficient (Wildman–Crippen LogP) is 2.44. The maximum atomic E-state index is 11.8. The van der Waals surface area contributed by atoms with Crippen LogP contribution in [0.2, 0.25) is 0 Å². The fourth-order valence-electron chi connectivity index (χ4n) is 4.04. The maximum absolute atomic E-state index is 11.8. The summed E-state index contributed by atoms with van der Waals surface area (Å²) in [6.45, 7) is 5.46. The summed E-state index contributed by atoms with van der Waals surface area (Å²) in [4.78, 5) is 11.8. The van der Waals surface area contributed by atoms with E-state index in [4.69, 9.17) is 4.74 Å². The fraction of sp³-hybridized carbons (Fsp3) is 0.526. The molecule has 1 aromatic rings. The first-order valence-corrected chi connectivity index (χ1v) is 8.38. The van der Waals surface area contributed by atoms with Crippen LogP contribution >= 0.6 is 0 Å². The molecular weight excluding hydrogens is 306 g/mol. The highest BCUT2D eigenvalue weighted by atomic mass is 16.5. The van der Waals surface area contributed by atoms with Crippen LogP contribution in [0.15, 0.2) is 35.9 Å². The van der Waals surface area contributed by atoms with Crippen LogP contribution in [0.4, 0.5) is 0 Å². The summed E-state index contributed by atoms with van der Waals surface area (Å²) in [5.74, 6) is 0.144. The molecule has 3 N–H and O–H groups in total. The third-order valence-corrected chi connectivity index (χ3v) is 5.34. The van der Waals surface area contributed by atoms with E-state index in [1.807, 2.05) is 32.1 Å². The van der Waals surface area contributed by atoms with E-state index < -0.39 is 11.6 Å². The van der Waals surface area contributed by atoms with Crippen LogP contribution in [-0.4, -0.2) is 33.9 Å². The molecule has 130 valence electrons. The average Bonchev–Trinajstić information content (AvgIpc) is 2.50. The average molecular weight is 331 g/mol. The number of allylic oxidation sites excluding steroid dienone is 1. The molecule has 1 amide bonds. The quantitative estimate of drug-likeness (QED) is 0.727. The summed E-state index contributed by atoms with van der Waals surface area (Å²) in [7, 11) is 0. The molecule has 0 spiro atoms. The van der Waals surface area contributed by atoms with Gasteiger partial charge >= 0.3 is 0 Å². The van der Waals surface area contributed by atoms with Crippen molar-refractivity contribution in [2.45, 2.75) is 57.5 Å². The van der Waals surface area contributed by atoms with Crippen molar-refractivity contribution in [1.82, 2.24) is 5.32 Å². The summed E-state index contributed by atoms with van der Waals surface area (Å²) in [6.07, 6.45) is 2.15. The van der Waals surface area contributed by atoms with Gasteiger partial charge in [0.2, 0.25) is 5.91 Å². The Morgan fingerprint density at radius 2 is 2.00 bits per heavy atom. The standard InChI is InChI=1S/C19H25NO4/c1-11-4-9-15-18(17(11)23)24-16(10-19(15,3)20-12(2)21)13-5-7-14(22)8-6-13/h4-8,15-18,22-23H,9-10H2,1-3H3,(H,20,21)/t15-,16+,17-,18-,19+/m1/s1. The predicted molar refractivity (Wildman–Crippen MR) is 90.4 cm³/mol. The monoisotopic (exact) mass is 331 g/mol. The van der Waals surface area contributed by atoms with E-state index in [1.54, 1.807) is 12.1 Å². The first-order valence-electron chi connectivity index (χ1n) is 8.38. The van der Waals surface area contributed by atoms with Crippen molar-refractivity contribution in [2.75, 3.05) is 0 Å². The summed E-state index contributed by atoms with van der Waals surface area (Å²) in [5, 5.41) is 23.2. The van der Waals surface area contributed by atoms with Crippen molar-refractivity contribution in [3.63, 3.8) is 0 Å². The highest BCUT2D eigenvalue weighted by Crippen LogP contribution is 2.46. The minimum atomic E-state index is -0.670. The second-order valence-corrected chi connectivity index (χ2v) is 7.22. The van der Waals surface area contributed by atoms with Crippen LogP contribution in [0.5, 0.6) is 5.75 Å². The van der Waals surface area contributed by atoms with Gasteiger partial charge in [-0.3, -0.25) is 4.79 Å². The lowest BCUT2D eigenvalue weighted by atomic mass is 9.68. The maximum Gasteiger partial charge on any atom is 0.217 e. The number of aliphatic hydroxyl groups excluding tert-OH is 1. The zero-order valence-corrected chi connectivity index (χ0v) is 14.3. The number of amides is 1. The van der Waals surface area contributed by atoms with E-state index >= 15 is 0 Å². The van der Waals surface area contributed by atoms with Gasteiger partial charge in [-0.25, -0.2) is 0 Å². The van der Waals surface area contributed by atoms with E-state index in [2.05, 4.69) is 5.32 Å². The van der Waals surface area contributed by atoms with Crippen LogP contribution in [0.25, 0.3) is 0 Å². The Hall–Kier alpha value is -1.85. The Kier molecular flexibility index (Phi) is 4.40. The molecule has 3 rings (SSSR count). The molecule has 0 aromatic heterocycles. The molecular formula is C19H25NO4. The topological polar surface area (TPSA) is 78.8 Å². The molecule has 0 unspecified atom stereocenters. The number of fused-ring (bicyclic) bond motifs is 1. The number of rotatable bonds is 2. The van der Waals surface area contributed by atoms with Gasteiger partial charge in [-0.15, -0.1) is 0 Å².